The van der Waals surface area contributed by atoms with Crippen molar-refractivity contribution in [2.24, 2.45) is 11.7 Å². The number of nitrogens with one attached hydrogen (secondary N) is 5. The van der Waals surface area contributed by atoms with Gasteiger partial charge in [0, 0.05) is 0 Å². The average Bonchev–Trinajstić information content (AvgIpc) is 2.89. The van der Waals surface area contributed by atoms with E-state index in [1.165, 1.54) is 20.8 Å². The lowest BCUT2D eigenvalue weighted by Gasteiger charge is -2.27. The van der Waals surface area contributed by atoms with E-state index in [4.69, 9.17) is 15.9 Å². The minimum Gasteiger partial charge on any atom is -0.481 e. The number of carbonyl (C=O) groups excluding carboxylic acids is 5. The van der Waals surface area contributed by atoms with Gasteiger partial charge in [-0.3, -0.25) is 28.8 Å². The largest absolute Gasteiger partial charge is 0.481 e. The zero-order valence-corrected chi connectivity index (χ0v) is 22.6. The molecule has 0 saturated heterocycles. The standard InChI is InChI=1S/C22H38N6O13/c1-8(2)16(21(39)26-12(6-30)19(37)27-13(7-31)22(40)41)28-17(35)10(4-14(33)34)24-18(36)11(5-29)25-20(38)15(23)9(3)32/h8-13,15-16,29-32H,4-7,23H2,1-3H3,(H,24,36)(H,25,38)(H,26,39)(H,27,37)(H,28,35)(H,33,34)(H,40,41)/t9-,10+,11+,12+,13+,15+,16+/m1/s1. The molecule has 13 N–H and O–H groups in total. The van der Waals surface area contributed by atoms with Gasteiger partial charge in [0.25, 0.3) is 0 Å². The van der Waals surface area contributed by atoms with Crippen LogP contribution in [-0.4, -0.2) is 134 Å². The van der Waals surface area contributed by atoms with E-state index in [1.54, 1.807) is 0 Å². The van der Waals surface area contributed by atoms with Crippen molar-refractivity contribution in [2.75, 3.05) is 19.8 Å². The van der Waals surface area contributed by atoms with Crippen LogP contribution in [0, 0.1) is 5.92 Å². The number of rotatable bonds is 18. The summed E-state index contributed by atoms with van der Waals surface area (Å²) in [5.74, 6) is -9.47. The zero-order chi connectivity index (χ0) is 32.0. The Bertz CT molecular complexity index is 960. The summed E-state index contributed by atoms with van der Waals surface area (Å²) in [5.41, 5.74) is 5.46. The Kier molecular flexibility index (Phi) is 16.0. The SMILES string of the molecule is CC(C)[C@H](NC(=O)[C@H](CC(=O)O)NC(=O)[C@H](CO)NC(=O)[C@@H](N)[C@@H](C)O)C(=O)N[C@@H](CO)C(=O)N[C@@H](CO)C(=O)O. The van der Waals surface area contributed by atoms with Crippen LogP contribution < -0.4 is 32.3 Å². The molecule has 0 rings (SSSR count). The number of carbonyl (C=O) groups is 7. The van der Waals surface area contributed by atoms with Gasteiger partial charge >= 0.3 is 11.9 Å². The van der Waals surface area contributed by atoms with Crippen LogP contribution in [0.15, 0.2) is 0 Å². The molecule has 19 heteroatoms. The number of hydrogen-bond acceptors (Lipinski definition) is 12. The van der Waals surface area contributed by atoms with Crippen molar-refractivity contribution in [3.63, 3.8) is 0 Å². The van der Waals surface area contributed by atoms with Crippen LogP contribution in [0.5, 0.6) is 0 Å². The Labute approximate surface area is 233 Å². The number of carboxylic acids is 2. The van der Waals surface area contributed by atoms with Gasteiger partial charge in [-0.15, -0.1) is 0 Å². The van der Waals surface area contributed by atoms with Gasteiger partial charge < -0.3 is 63.0 Å². The van der Waals surface area contributed by atoms with Crippen molar-refractivity contribution in [3.8, 4) is 0 Å². The molecule has 0 radical (unpaired) electrons. The highest BCUT2D eigenvalue weighted by Gasteiger charge is 2.34. The minimum absolute atomic E-state index is 0.710. The van der Waals surface area contributed by atoms with Crippen molar-refractivity contribution in [1.82, 2.24) is 26.6 Å². The second-order valence-corrected chi connectivity index (χ2v) is 9.23. The number of hydrogen-bond donors (Lipinski definition) is 12. The summed E-state index contributed by atoms with van der Waals surface area (Å²) < 4.78 is 0. The summed E-state index contributed by atoms with van der Waals surface area (Å²) in [4.78, 5) is 85.0. The summed E-state index contributed by atoms with van der Waals surface area (Å²) in [6, 6.07) is -9.90. The van der Waals surface area contributed by atoms with Crippen LogP contribution in [0.2, 0.25) is 0 Å². The first-order valence-corrected chi connectivity index (χ1v) is 12.2. The fraction of sp³-hybridized carbons (Fsp3) is 0.682. The zero-order valence-electron chi connectivity index (χ0n) is 22.6. The second-order valence-electron chi connectivity index (χ2n) is 9.23. The van der Waals surface area contributed by atoms with E-state index in [2.05, 4.69) is 10.6 Å². The second kappa shape index (κ2) is 17.7. The van der Waals surface area contributed by atoms with Crippen LogP contribution in [0.3, 0.4) is 0 Å². The van der Waals surface area contributed by atoms with Crippen molar-refractivity contribution in [3.05, 3.63) is 0 Å². The van der Waals surface area contributed by atoms with E-state index in [0.717, 1.165) is 0 Å². The van der Waals surface area contributed by atoms with Gasteiger partial charge in [0.1, 0.15) is 36.3 Å². The molecule has 0 aliphatic carbocycles. The molecule has 0 heterocycles. The molecule has 41 heavy (non-hydrogen) atoms. The van der Waals surface area contributed by atoms with Gasteiger partial charge in [0.05, 0.1) is 32.3 Å². The first kappa shape index (κ1) is 37.1. The molecule has 0 aromatic rings. The quantitative estimate of drug-likeness (QED) is 0.0702. The smallest absolute Gasteiger partial charge is 0.328 e. The lowest BCUT2D eigenvalue weighted by Crippen LogP contribution is -2.61. The number of aliphatic carboxylic acids is 2. The third-order valence-electron chi connectivity index (χ3n) is 5.51. The Hall–Kier alpha value is -3.91. The van der Waals surface area contributed by atoms with Gasteiger partial charge in [-0.25, -0.2) is 4.79 Å². The predicted octanol–water partition coefficient (Wildman–Crippen LogP) is -6.69. The molecule has 0 saturated carbocycles. The van der Waals surface area contributed by atoms with Gasteiger partial charge in [0.15, 0.2) is 0 Å². The number of nitrogens with two attached hydrogens (primary N) is 1. The van der Waals surface area contributed by atoms with Crippen LogP contribution in [0.4, 0.5) is 0 Å². The van der Waals surface area contributed by atoms with E-state index < -0.39 is 116 Å². The van der Waals surface area contributed by atoms with Gasteiger partial charge in [-0.1, -0.05) is 13.8 Å². The minimum atomic E-state index is -1.83. The van der Waals surface area contributed by atoms with Crippen molar-refractivity contribution in [1.29, 1.82) is 0 Å². The summed E-state index contributed by atoms with van der Waals surface area (Å²) >= 11 is 0. The van der Waals surface area contributed by atoms with E-state index in [0.29, 0.717) is 0 Å². The van der Waals surface area contributed by atoms with E-state index >= 15 is 0 Å². The van der Waals surface area contributed by atoms with E-state index in [-0.39, 0.29) is 0 Å². The van der Waals surface area contributed by atoms with E-state index in [9.17, 15) is 54.0 Å². The first-order valence-electron chi connectivity index (χ1n) is 12.2. The maximum Gasteiger partial charge on any atom is 0.328 e. The van der Waals surface area contributed by atoms with E-state index in [1.807, 2.05) is 16.0 Å². The highest BCUT2D eigenvalue weighted by Crippen LogP contribution is 2.05. The van der Waals surface area contributed by atoms with Crippen LogP contribution >= 0.6 is 0 Å². The molecule has 0 unspecified atom stereocenters. The van der Waals surface area contributed by atoms with Gasteiger partial charge in [0.2, 0.25) is 29.5 Å². The number of carboxylic acid groups (broad SMARTS) is 2. The topological polar surface area (TPSA) is 327 Å². The summed E-state index contributed by atoms with van der Waals surface area (Å²) in [6.45, 7) is 1.13. The predicted molar refractivity (Wildman–Crippen MR) is 135 cm³/mol. The molecular weight excluding hydrogens is 556 g/mol. The lowest BCUT2D eigenvalue weighted by molar-refractivity contribution is -0.143. The molecule has 0 fully saturated rings. The lowest BCUT2D eigenvalue weighted by atomic mass is 10.0. The molecule has 5 amide bonds. The van der Waals surface area contributed by atoms with Gasteiger partial charge in [-0.2, -0.15) is 0 Å². The summed E-state index contributed by atoms with van der Waals surface area (Å²) in [6.07, 6.45) is -2.31. The van der Waals surface area contributed by atoms with Crippen LogP contribution in [0.1, 0.15) is 27.2 Å². The Morgan fingerprint density at radius 3 is 1.37 bits per heavy atom. The fourth-order valence-electron chi connectivity index (χ4n) is 3.04. The van der Waals surface area contributed by atoms with Crippen molar-refractivity contribution < 1.29 is 64.2 Å². The van der Waals surface area contributed by atoms with Crippen LogP contribution in [0.25, 0.3) is 0 Å². The highest BCUT2D eigenvalue weighted by molar-refractivity contribution is 5.97. The third-order valence-corrected chi connectivity index (χ3v) is 5.51. The molecule has 0 aromatic heterocycles. The monoisotopic (exact) mass is 594 g/mol. The third kappa shape index (κ3) is 12.4. The molecule has 7 atom stereocenters. The van der Waals surface area contributed by atoms with Crippen LogP contribution in [-0.2, 0) is 33.6 Å². The Balaban J connectivity index is 5.68. The average molecular weight is 595 g/mol. The fourth-order valence-corrected chi connectivity index (χ4v) is 3.04. The number of aliphatic hydroxyl groups excluding tert-OH is 4. The molecule has 0 bridgehead atoms. The summed E-state index contributed by atoms with van der Waals surface area (Å²) in [7, 11) is 0. The Morgan fingerprint density at radius 1 is 0.610 bits per heavy atom. The summed E-state index contributed by atoms with van der Waals surface area (Å²) in [5, 5.41) is 65.9. The highest BCUT2D eigenvalue weighted by atomic mass is 16.4. The molecular formula is C22H38N6O13. The molecule has 0 spiro atoms. The first-order chi connectivity index (χ1) is 19.0. The molecule has 234 valence electrons. The molecule has 0 aliphatic heterocycles. The van der Waals surface area contributed by atoms with Crippen molar-refractivity contribution >= 4 is 41.5 Å². The number of amides is 5. The Morgan fingerprint density at radius 2 is 1.00 bits per heavy atom. The molecule has 19 nitrogen and oxygen atoms in total. The number of aliphatic hydroxyl groups is 4. The maximum absolute atomic E-state index is 12.9. The van der Waals surface area contributed by atoms with Crippen molar-refractivity contribution in [2.45, 2.75) is 69.5 Å². The normalized spacial score (nSPS) is 16.1. The molecule has 0 aliphatic rings. The van der Waals surface area contributed by atoms with Gasteiger partial charge in [-0.05, 0) is 12.8 Å². The molecule has 0 aromatic carbocycles. The maximum atomic E-state index is 12.9.